The highest BCUT2D eigenvalue weighted by Crippen LogP contribution is 2.11. The zero-order valence-electron chi connectivity index (χ0n) is 10.2. The predicted molar refractivity (Wildman–Crippen MR) is 70.7 cm³/mol. The van der Waals surface area contributed by atoms with Crippen molar-refractivity contribution in [3.8, 4) is 0 Å². The van der Waals surface area contributed by atoms with E-state index in [-0.39, 0.29) is 11.9 Å². The molecule has 1 aromatic heterocycles. The summed E-state index contributed by atoms with van der Waals surface area (Å²) in [7, 11) is 0. The van der Waals surface area contributed by atoms with Gasteiger partial charge in [0.1, 0.15) is 5.76 Å². The molecule has 1 heterocycles. The van der Waals surface area contributed by atoms with Crippen molar-refractivity contribution in [2.24, 2.45) is 0 Å². The van der Waals surface area contributed by atoms with Crippen LogP contribution in [0.5, 0.6) is 0 Å². The van der Waals surface area contributed by atoms with Crippen molar-refractivity contribution >= 4 is 12.0 Å². The van der Waals surface area contributed by atoms with Gasteiger partial charge < -0.3 is 9.73 Å². The second-order valence-electron chi connectivity index (χ2n) is 3.99. The molecule has 92 valence electrons. The van der Waals surface area contributed by atoms with Crippen LogP contribution >= 0.6 is 0 Å². The molecule has 0 aliphatic heterocycles. The van der Waals surface area contributed by atoms with Crippen molar-refractivity contribution in [1.29, 1.82) is 0 Å². The number of nitrogens with one attached hydrogen (secondary N) is 1. The maximum absolute atomic E-state index is 11.7. The monoisotopic (exact) mass is 241 g/mol. The summed E-state index contributed by atoms with van der Waals surface area (Å²) in [4.78, 5) is 11.7. The fourth-order valence-corrected chi connectivity index (χ4v) is 1.63. The lowest BCUT2D eigenvalue weighted by Gasteiger charge is -2.12. The molecule has 0 saturated carbocycles. The Hall–Kier alpha value is -2.29. The van der Waals surface area contributed by atoms with Crippen LogP contribution in [0.15, 0.2) is 59.2 Å². The van der Waals surface area contributed by atoms with Crippen LogP contribution in [0.3, 0.4) is 0 Å². The zero-order valence-corrected chi connectivity index (χ0v) is 10.2. The Morgan fingerprint density at radius 2 is 2.00 bits per heavy atom. The minimum Gasteiger partial charge on any atom is -0.465 e. The summed E-state index contributed by atoms with van der Waals surface area (Å²) in [5, 5.41) is 2.89. The summed E-state index contributed by atoms with van der Waals surface area (Å²) >= 11 is 0. The van der Waals surface area contributed by atoms with E-state index in [1.807, 2.05) is 37.3 Å². The van der Waals surface area contributed by atoms with Crippen molar-refractivity contribution in [3.63, 3.8) is 0 Å². The van der Waals surface area contributed by atoms with Crippen LogP contribution in [0.4, 0.5) is 0 Å². The fraction of sp³-hybridized carbons (Fsp3) is 0.133. The molecule has 0 aliphatic carbocycles. The number of hydrogen-bond donors (Lipinski definition) is 1. The van der Waals surface area contributed by atoms with Crippen LogP contribution in [0.25, 0.3) is 6.08 Å². The van der Waals surface area contributed by atoms with Gasteiger partial charge in [-0.25, -0.2) is 0 Å². The van der Waals surface area contributed by atoms with Gasteiger partial charge in [0.05, 0.1) is 12.3 Å². The molecule has 3 heteroatoms. The molecule has 18 heavy (non-hydrogen) atoms. The number of rotatable bonds is 4. The number of carbonyl (C=O) groups is 1. The highest BCUT2D eigenvalue weighted by atomic mass is 16.3. The number of carbonyl (C=O) groups excluding carboxylic acids is 1. The van der Waals surface area contributed by atoms with E-state index < -0.39 is 0 Å². The first-order valence-electron chi connectivity index (χ1n) is 5.83. The third-order valence-electron chi connectivity index (χ3n) is 2.60. The molecule has 0 radical (unpaired) electrons. The molecule has 0 bridgehead atoms. The highest BCUT2D eigenvalue weighted by Gasteiger charge is 2.06. The summed E-state index contributed by atoms with van der Waals surface area (Å²) in [6.07, 6.45) is 4.69. The summed E-state index contributed by atoms with van der Waals surface area (Å²) in [6, 6.07) is 13.4. The zero-order chi connectivity index (χ0) is 12.8. The van der Waals surface area contributed by atoms with Gasteiger partial charge in [-0.2, -0.15) is 0 Å². The second-order valence-corrected chi connectivity index (χ2v) is 3.99. The average molecular weight is 241 g/mol. The fourth-order valence-electron chi connectivity index (χ4n) is 1.63. The van der Waals surface area contributed by atoms with Crippen LogP contribution in [0, 0.1) is 0 Å². The van der Waals surface area contributed by atoms with Crippen molar-refractivity contribution in [1.82, 2.24) is 5.32 Å². The van der Waals surface area contributed by atoms with Gasteiger partial charge in [-0.15, -0.1) is 0 Å². The van der Waals surface area contributed by atoms with E-state index >= 15 is 0 Å². The SMILES string of the molecule is CC(NC(=O)C=Cc1ccco1)c1ccccc1. The first-order chi connectivity index (χ1) is 8.75. The maximum Gasteiger partial charge on any atom is 0.244 e. The molecular weight excluding hydrogens is 226 g/mol. The van der Waals surface area contributed by atoms with Gasteiger partial charge in [0.15, 0.2) is 0 Å². The minimum atomic E-state index is -0.136. The van der Waals surface area contributed by atoms with E-state index in [2.05, 4.69) is 5.32 Å². The summed E-state index contributed by atoms with van der Waals surface area (Å²) in [6.45, 7) is 1.95. The highest BCUT2D eigenvalue weighted by molar-refractivity contribution is 5.91. The Morgan fingerprint density at radius 1 is 1.22 bits per heavy atom. The first-order valence-corrected chi connectivity index (χ1v) is 5.83. The van der Waals surface area contributed by atoms with Gasteiger partial charge in [-0.1, -0.05) is 30.3 Å². The number of furan rings is 1. The standard InChI is InChI=1S/C15H15NO2/c1-12(13-6-3-2-4-7-13)16-15(17)10-9-14-8-5-11-18-14/h2-12H,1H3,(H,16,17). The van der Waals surface area contributed by atoms with E-state index in [4.69, 9.17) is 4.42 Å². The predicted octanol–water partition coefficient (Wildman–Crippen LogP) is 3.17. The lowest BCUT2D eigenvalue weighted by Crippen LogP contribution is -2.24. The van der Waals surface area contributed by atoms with Crippen molar-refractivity contribution < 1.29 is 9.21 Å². The van der Waals surface area contributed by atoms with Crippen LogP contribution in [-0.2, 0) is 4.79 Å². The van der Waals surface area contributed by atoms with E-state index in [0.29, 0.717) is 5.76 Å². The molecule has 1 amide bonds. The van der Waals surface area contributed by atoms with Gasteiger partial charge in [0, 0.05) is 6.08 Å². The molecule has 0 saturated heterocycles. The van der Waals surface area contributed by atoms with Gasteiger partial charge >= 0.3 is 0 Å². The topological polar surface area (TPSA) is 42.2 Å². The Kier molecular flexibility index (Phi) is 3.97. The second kappa shape index (κ2) is 5.87. The molecule has 1 N–H and O–H groups in total. The van der Waals surface area contributed by atoms with Gasteiger partial charge in [0.2, 0.25) is 5.91 Å². The molecule has 3 nitrogen and oxygen atoms in total. The third-order valence-corrected chi connectivity index (χ3v) is 2.60. The Morgan fingerprint density at radius 3 is 2.67 bits per heavy atom. The van der Waals surface area contributed by atoms with Gasteiger partial charge in [-0.3, -0.25) is 4.79 Å². The molecule has 0 spiro atoms. The number of benzene rings is 1. The Balaban J connectivity index is 1.92. The molecule has 1 aromatic carbocycles. The van der Waals surface area contributed by atoms with Crippen molar-refractivity contribution in [2.75, 3.05) is 0 Å². The lowest BCUT2D eigenvalue weighted by atomic mass is 10.1. The van der Waals surface area contributed by atoms with Crippen LogP contribution < -0.4 is 5.32 Å². The smallest absolute Gasteiger partial charge is 0.244 e. The largest absolute Gasteiger partial charge is 0.465 e. The normalized spacial score (nSPS) is 12.5. The van der Waals surface area contributed by atoms with E-state index in [0.717, 1.165) is 5.56 Å². The molecule has 0 aliphatic rings. The molecule has 2 rings (SSSR count). The molecule has 0 fully saturated rings. The van der Waals surface area contributed by atoms with Gasteiger partial charge in [0.25, 0.3) is 0 Å². The number of hydrogen-bond acceptors (Lipinski definition) is 2. The van der Waals surface area contributed by atoms with Crippen LogP contribution in [0.2, 0.25) is 0 Å². The molecule has 2 aromatic rings. The van der Waals surface area contributed by atoms with Crippen molar-refractivity contribution in [2.45, 2.75) is 13.0 Å². The summed E-state index contributed by atoms with van der Waals surface area (Å²) < 4.78 is 5.11. The van der Waals surface area contributed by atoms with Crippen molar-refractivity contribution in [3.05, 3.63) is 66.1 Å². The van der Waals surface area contributed by atoms with Crippen LogP contribution in [0.1, 0.15) is 24.3 Å². The van der Waals surface area contributed by atoms with E-state index in [1.165, 1.54) is 6.08 Å². The Bertz CT molecular complexity index is 515. The third kappa shape index (κ3) is 3.35. The van der Waals surface area contributed by atoms with E-state index in [9.17, 15) is 4.79 Å². The quantitative estimate of drug-likeness (QED) is 0.835. The minimum absolute atomic E-state index is 0.0139. The molecule has 1 unspecified atom stereocenters. The van der Waals surface area contributed by atoms with Crippen LogP contribution in [-0.4, -0.2) is 5.91 Å². The lowest BCUT2D eigenvalue weighted by molar-refractivity contribution is -0.117. The maximum atomic E-state index is 11.7. The summed E-state index contributed by atoms with van der Waals surface area (Å²) in [5.74, 6) is 0.528. The number of amides is 1. The average Bonchev–Trinajstić information content (AvgIpc) is 2.90. The molecule has 1 atom stereocenters. The first kappa shape index (κ1) is 12.2. The molecular formula is C15H15NO2. The van der Waals surface area contributed by atoms with E-state index in [1.54, 1.807) is 24.5 Å². The Labute approximate surface area is 106 Å². The summed E-state index contributed by atoms with van der Waals surface area (Å²) in [5.41, 5.74) is 1.08. The van der Waals surface area contributed by atoms with Gasteiger partial charge in [-0.05, 0) is 30.7 Å².